The number of nitrogens with zero attached hydrogens (tertiary/aromatic N) is 3. The fourth-order valence-electron chi connectivity index (χ4n) is 3.55. The highest BCUT2D eigenvalue weighted by atomic mass is 19.1. The van der Waals surface area contributed by atoms with Crippen molar-refractivity contribution in [2.24, 2.45) is 0 Å². The maximum Gasteiger partial charge on any atom is 0.261 e. The second-order valence-corrected chi connectivity index (χ2v) is 6.77. The van der Waals surface area contributed by atoms with E-state index in [4.69, 9.17) is 0 Å². The third-order valence-electron chi connectivity index (χ3n) is 4.87. The minimum Gasteiger partial charge on any atom is -0.390 e. The number of halogens is 1. The van der Waals surface area contributed by atoms with E-state index >= 15 is 0 Å². The Hall–Kier alpha value is -2.57. The van der Waals surface area contributed by atoms with Crippen LogP contribution in [-0.2, 0) is 19.5 Å². The highest BCUT2D eigenvalue weighted by Crippen LogP contribution is 2.18. The molecule has 5 nitrogen and oxygen atoms in total. The Labute approximate surface area is 150 Å². The van der Waals surface area contributed by atoms with Crippen molar-refractivity contribution in [3.63, 3.8) is 0 Å². The maximum atomic E-state index is 13.3. The lowest BCUT2D eigenvalue weighted by Crippen LogP contribution is -2.39. The first kappa shape index (κ1) is 16.9. The molecule has 1 aliphatic heterocycles. The molecule has 0 amide bonds. The molecule has 0 radical (unpaired) electrons. The molecule has 3 aromatic rings. The fourth-order valence-corrected chi connectivity index (χ4v) is 3.55. The molecule has 1 aliphatic rings. The van der Waals surface area contributed by atoms with Crippen LogP contribution in [-0.4, -0.2) is 38.8 Å². The first-order chi connectivity index (χ1) is 12.6. The summed E-state index contributed by atoms with van der Waals surface area (Å²) >= 11 is 0. The summed E-state index contributed by atoms with van der Waals surface area (Å²) in [5.41, 5.74) is 2.71. The van der Waals surface area contributed by atoms with E-state index in [9.17, 15) is 14.3 Å². The molecule has 134 valence electrons. The lowest BCUT2D eigenvalue weighted by atomic mass is 10.00. The lowest BCUT2D eigenvalue weighted by molar-refractivity contribution is 0.0908. The second-order valence-electron chi connectivity index (χ2n) is 6.77. The Morgan fingerprint density at radius 3 is 2.81 bits per heavy atom. The van der Waals surface area contributed by atoms with Crippen LogP contribution in [0.2, 0.25) is 0 Å². The molecule has 0 saturated heterocycles. The van der Waals surface area contributed by atoms with Gasteiger partial charge >= 0.3 is 0 Å². The Balaban J connectivity index is 1.46. The van der Waals surface area contributed by atoms with Gasteiger partial charge in [-0.1, -0.05) is 24.3 Å². The number of rotatable bonds is 4. The van der Waals surface area contributed by atoms with Crippen LogP contribution >= 0.6 is 0 Å². The van der Waals surface area contributed by atoms with E-state index in [1.54, 1.807) is 0 Å². The molecule has 4 rings (SSSR count). The molecule has 26 heavy (non-hydrogen) atoms. The highest BCUT2D eigenvalue weighted by Gasteiger charge is 2.19. The van der Waals surface area contributed by atoms with Gasteiger partial charge in [-0.05, 0) is 29.7 Å². The number of β-amino-alcohol motifs (C(OH)–C–C–N with tert-alkyl or cyclic N) is 1. The zero-order valence-electron chi connectivity index (χ0n) is 14.3. The van der Waals surface area contributed by atoms with Gasteiger partial charge in [0.1, 0.15) is 5.82 Å². The largest absolute Gasteiger partial charge is 0.390 e. The summed E-state index contributed by atoms with van der Waals surface area (Å²) in [6.45, 7) is 2.34. The van der Waals surface area contributed by atoms with Crippen LogP contribution in [0.1, 0.15) is 11.1 Å². The van der Waals surface area contributed by atoms with Gasteiger partial charge in [0.05, 0.1) is 29.9 Å². The number of aliphatic hydroxyl groups excluding tert-OH is 1. The topological polar surface area (TPSA) is 58.4 Å². The minimum absolute atomic E-state index is 0.164. The number of aliphatic hydroxyl groups is 1. The fraction of sp³-hybridized carbons (Fsp3) is 0.300. The minimum atomic E-state index is -0.683. The quantitative estimate of drug-likeness (QED) is 0.779. The third kappa shape index (κ3) is 3.38. The summed E-state index contributed by atoms with van der Waals surface area (Å²) in [6.07, 6.45) is 1.66. The highest BCUT2D eigenvalue weighted by molar-refractivity contribution is 5.77. The van der Waals surface area contributed by atoms with Crippen molar-refractivity contribution < 1.29 is 9.50 Å². The van der Waals surface area contributed by atoms with Crippen LogP contribution in [0.4, 0.5) is 4.39 Å². The van der Waals surface area contributed by atoms with Crippen molar-refractivity contribution in [3.8, 4) is 0 Å². The van der Waals surface area contributed by atoms with Gasteiger partial charge in [-0.3, -0.25) is 14.3 Å². The van der Waals surface area contributed by atoms with Gasteiger partial charge in [-0.2, -0.15) is 0 Å². The van der Waals surface area contributed by atoms with Crippen molar-refractivity contribution in [1.29, 1.82) is 0 Å². The number of hydrogen-bond acceptors (Lipinski definition) is 4. The van der Waals surface area contributed by atoms with Crippen molar-refractivity contribution in [1.82, 2.24) is 14.5 Å². The lowest BCUT2D eigenvalue weighted by Gasteiger charge is -2.30. The van der Waals surface area contributed by atoms with Crippen LogP contribution in [0, 0.1) is 5.82 Å². The van der Waals surface area contributed by atoms with E-state index in [1.807, 2.05) is 12.1 Å². The molecule has 2 aromatic carbocycles. The molecular weight excluding hydrogens is 333 g/mol. The van der Waals surface area contributed by atoms with Crippen molar-refractivity contribution in [2.45, 2.75) is 25.6 Å². The average Bonchev–Trinajstić information content (AvgIpc) is 2.64. The van der Waals surface area contributed by atoms with Gasteiger partial charge < -0.3 is 5.11 Å². The van der Waals surface area contributed by atoms with Crippen LogP contribution in [0.3, 0.4) is 0 Å². The Kier molecular flexibility index (Phi) is 4.53. The number of aromatic nitrogens is 2. The van der Waals surface area contributed by atoms with E-state index in [0.29, 0.717) is 17.4 Å². The van der Waals surface area contributed by atoms with Gasteiger partial charge in [-0.25, -0.2) is 9.37 Å². The van der Waals surface area contributed by atoms with Crippen LogP contribution in [0.5, 0.6) is 0 Å². The number of benzene rings is 2. The average molecular weight is 353 g/mol. The summed E-state index contributed by atoms with van der Waals surface area (Å²) in [5.74, 6) is -0.424. The predicted octanol–water partition coefficient (Wildman–Crippen LogP) is 1.95. The van der Waals surface area contributed by atoms with Gasteiger partial charge in [0, 0.05) is 25.7 Å². The summed E-state index contributed by atoms with van der Waals surface area (Å²) < 4.78 is 14.6. The number of hydrogen-bond donors (Lipinski definition) is 1. The standard InChI is InChI=1S/C20H20FN3O2/c21-16-5-6-18-19(9-16)22-13-24(20(18)26)12-17(25)11-23-8-7-14-3-1-2-4-15(14)10-23/h1-6,9,13,17,25H,7-8,10-12H2/t17-/m0/s1. The smallest absolute Gasteiger partial charge is 0.261 e. The van der Waals surface area contributed by atoms with E-state index in [2.05, 4.69) is 22.0 Å². The molecule has 1 N–H and O–H groups in total. The SMILES string of the molecule is O=c1c2ccc(F)cc2ncn1C[C@@H](O)CN1CCc2ccccc2C1. The van der Waals surface area contributed by atoms with Crippen molar-refractivity contribution >= 4 is 10.9 Å². The van der Waals surface area contributed by atoms with E-state index in [-0.39, 0.29) is 12.1 Å². The van der Waals surface area contributed by atoms with Gasteiger partial charge in [-0.15, -0.1) is 0 Å². The van der Waals surface area contributed by atoms with Gasteiger partial charge in [0.25, 0.3) is 5.56 Å². The molecule has 0 saturated carbocycles. The molecule has 1 atom stereocenters. The summed E-state index contributed by atoms with van der Waals surface area (Å²) in [4.78, 5) is 18.8. The molecule has 0 spiro atoms. The van der Waals surface area contributed by atoms with E-state index < -0.39 is 11.9 Å². The summed E-state index contributed by atoms with van der Waals surface area (Å²) in [5, 5.41) is 10.8. The van der Waals surface area contributed by atoms with Crippen LogP contribution in [0.15, 0.2) is 53.6 Å². The monoisotopic (exact) mass is 353 g/mol. The Morgan fingerprint density at radius 1 is 1.15 bits per heavy atom. The zero-order chi connectivity index (χ0) is 18.1. The van der Waals surface area contributed by atoms with E-state index in [1.165, 1.54) is 40.2 Å². The summed E-state index contributed by atoms with van der Waals surface area (Å²) in [7, 11) is 0. The van der Waals surface area contributed by atoms with Crippen LogP contribution in [0.25, 0.3) is 10.9 Å². The zero-order valence-corrected chi connectivity index (χ0v) is 14.3. The first-order valence-corrected chi connectivity index (χ1v) is 8.72. The molecule has 0 aliphatic carbocycles. The molecular formula is C20H20FN3O2. The Morgan fingerprint density at radius 2 is 1.96 bits per heavy atom. The van der Waals surface area contributed by atoms with Gasteiger partial charge in [0.2, 0.25) is 0 Å². The molecule has 0 unspecified atom stereocenters. The predicted molar refractivity (Wildman–Crippen MR) is 97.4 cm³/mol. The van der Waals surface area contributed by atoms with Crippen molar-refractivity contribution in [2.75, 3.05) is 13.1 Å². The number of fused-ring (bicyclic) bond motifs is 2. The normalized spacial score (nSPS) is 15.8. The van der Waals surface area contributed by atoms with Crippen LogP contribution < -0.4 is 5.56 Å². The maximum absolute atomic E-state index is 13.3. The molecule has 0 fully saturated rings. The molecule has 2 heterocycles. The molecule has 1 aromatic heterocycles. The summed E-state index contributed by atoms with van der Waals surface area (Å²) in [6, 6.07) is 12.3. The second kappa shape index (κ2) is 6.97. The first-order valence-electron chi connectivity index (χ1n) is 8.72. The van der Waals surface area contributed by atoms with Crippen molar-refractivity contribution in [3.05, 3.63) is 76.1 Å². The third-order valence-corrected chi connectivity index (χ3v) is 4.87. The molecule has 6 heteroatoms. The van der Waals surface area contributed by atoms with E-state index in [0.717, 1.165) is 19.5 Å². The van der Waals surface area contributed by atoms with Gasteiger partial charge in [0.15, 0.2) is 0 Å². The molecule has 0 bridgehead atoms. The Bertz CT molecular complexity index is 1000.